The van der Waals surface area contributed by atoms with Crippen molar-refractivity contribution in [3.05, 3.63) is 69.8 Å². The number of urea groups is 1. The first-order chi connectivity index (χ1) is 19.1. The first-order valence-electron chi connectivity index (χ1n) is 13.4. The predicted molar refractivity (Wildman–Crippen MR) is 146 cm³/mol. The molecule has 4 amide bonds. The molecular weight excluding hydrogens is 518 g/mol. The summed E-state index contributed by atoms with van der Waals surface area (Å²) < 4.78 is 0. The van der Waals surface area contributed by atoms with Crippen molar-refractivity contribution in [3.8, 4) is 0 Å². The number of nitrogens with one attached hydrogen (secondary N) is 2. The van der Waals surface area contributed by atoms with E-state index in [4.69, 9.17) is 0 Å². The quantitative estimate of drug-likeness (QED) is 0.332. The number of carboxylic acid groups (broad SMARTS) is 1. The Labute approximate surface area is 231 Å². The van der Waals surface area contributed by atoms with Crippen molar-refractivity contribution in [1.82, 2.24) is 15.1 Å². The van der Waals surface area contributed by atoms with Crippen LogP contribution in [0.1, 0.15) is 54.4 Å². The summed E-state index contributed by atoms with van der Waals surface area (Å²) in [6.07, 6.45) is 2.80. The predicted octanol–water partition coefficient (Wildman–Crippen LogP) is 3.76. The van der Waals surface area contributed by atoms with Crippen LogP contribution in [0.4, 0.5) is 16.2 Å². The second-order valence-electron chi connectivity index (χ2n) is 10.3. The van der Waals surface area contributed by atoms with Gasteiger partial charge in [-0.2, -0.15) is 0 Å². The third-order valence-corrected chi connectivity index (χ3v) is 7.44. The Bertz CT molecular complexity index is 1290. The molecule has 2 fully saturated rings. The average molecular weight is 552 g/mol. The molecule has 0 radical (unpaired) electrons. The molecule has 1 saturated heterocycles. The van der Waals surface area contributed by atoms with Gasteiger partial charge in [-0.05, 0) is 49.4 Å². The van der Waals surface area contributed by atoms with Gasteiger partial charge < -0.3 is 20.6 Å². The van der Waals surface area contributed by atoms with E-state index in [0.717, 1.165) is 43.7 Å². The molecule has 1 heterocycles. The Hall–Kier alpha value is -4.48. The van der Waals surface area contributed by atoms with Gasteiger partial charge in [-0.15, -0.1) is 0 Å². The number of rotatable bonds is 8. The van der Waals surface area contributed by atoms with E-state index < -0.39 is 40.9 Å². The van der Waals surface area contributed by atoms with E-state index in [2.05, 4.69) is 10.6 Å². The summed E-state index contributed by atoms with van der Waals surface area (Å²) in [6.45, 7) is 1.91. The number of hydrogen-bond donors (Lipinski definition) is 3. The Morgan fingerprint density at radius 3 is 2.40 bits per heavy atom. The van der Waals surface area contributed by atoms with Crippen LogP contribution in [0.2, 0.25) is 0 Å². The molecule has 2 atom stereocenters. The van der Waals surface area contributed by atoms with Crippen molar-refractivity contribution in [3.63, 3.8) is 0 Å². The van der Waals surface area contributed by atoms with Crippen LogP contribution in [-0.4, -0.2) is 68.9 Å². The molecule has 2 aliphatic rings. The fourth-order valence-corrected chi connectivity index (χ4v) is 5.49. The van der Waals surface area contributed by atoms with Crippen LogP contribution in [0.25, 0.3) is 0 Å². The maximum Gasteiger partial charge on any atom is 0.323 e. The summed E-state index contributed by atoms with van der Waals surface area (Å²) in [6, 6.07) is 11.0. The maximum atomic E-state index is 13.8. The van der Waals surface area contributed by atoms with Crippen LogP contribution >= 0.6 is 0 Å². The molecule has 2 aromatic carbocycles. The summed E-state index contributed by atoms with van der Waals surface area (Å²) in [7, 11) is 0. The van der Waals surface area contributed by atoms with Crippen LogP contribution in [0.3, 0.4) is 0 Å². The van der Waals surface area contributed by atoms with E-state index >= 15 is 0 Å². The molecule has 12 nitrogen and oxygen atoms in total. The Morgan fingerprint density at radius 1 is 1.02 bits per heavy atom. The van der Waals surface area contributed by atoms with Gasteiger partial charge in [0.25, 0.3) is 17.5 Å². The van der Waals surface area contributed by atoms with E-state index in [1.54, 1.807) is 18.2 Å². The number of carbonyl (C=O) groups is 4. The normalized spacial score (nSPS) is 18.2. The number of hydrogen-bond acceptors (Lipinski definition) is 6. The number of amides is 4. The molecule has 1 aliphatic carbocycles. The number of aliphatic carboxylic acids is 1. The highest BCUT2D eigenvalue weighted by atomic mass is 16.6. The lowest BCUT2D eigenvalue weighted by molar-refractivity contribution is -0.384. The number of nitrogens with zero attached hydrogens (tertiary/aromatic N) is 3. The molecule has 2 unspecified atom stereocenters. The summed E-state index contributed by atoms with van der Waals surface area (Å²) in [5.41, 5.74) is 1.15. The number of carbonyl (C=O) groups excluding carboxylic acids is 3. The average Bonchev–Trinajstić information content (AvgIpc) is 3.38. The van der Waals surface area contributed by atoms with Crippen molar-refractivity contribution in [2.45, 2.75) is 57.7 Å². The van der Waals surface area contributed by atoms with Gasteiger partial charge in [-0.1, -0.05) is 37.5 Å². The molecule has 3 N–H and O–H groups in total. The summed E-state index contributed by atoms with van der Waals surface area (Å²) in [5.74, 6) is -2.42. The Kier molecular flexibility index (Phi) is 8.97. The van der Waals surface area contributed by atoms with Crippen LogP contribution < -0.4 is 10.6 Å². The third kappa shape index (κ3) is 6.74. The molecule has 12 heteroatoms. The zero-order valence-corrected chi connectivity index (χ0v) is 22.2. The van der Waals surface area contributed by atoms with Crippen molar-refractivity contribution < 1.29 is 29.2 Å². The number of nitro benzene ring substituents is 1. The van der Waals surface area contributed by atoms with Crippen LogP contribution in [-0.2, 0) is 9.59 Å². The molecule has 2 aromatic rings. The van der Waals surface area contributed by atoms with E-state index in [1.165, 1.54) is 28.0 Å². The van der Waals surface area contributed by atoms with Crippen molar-refractivity contribution >= 4 is 35.2 Å². The van der Waals surface area contributed by atoms with Crippen molar-refractivity contribution in [2.75, 3.05) is 18.4 Å². The van der Waals surface area contributed by atoms with Gasteiger partial charge in [0.05, 0.1) is 11.3 Å². The summed E-state index contributed by atoms with van der Waals surface area (Å²) >= 11 is 0. The molecular formula is C28H33N5O7. The molecule has 1 saturated carbocycles. The molecule has 0 bridgehead atoms. The van der Waals surface area contributed by atoms with Gasteiger partial charge in [0.1, 0.15) is 0 Å². The highest BCUT2D eigenvalue weighted by Crippen LogP contribution is 2.29. The van der Waals surface area contributed by atoms with E-state index in [0.29, 0.717) is 5.69 Å². The fraction of sp³-hybridized carbons (Fsp3) is 0.429. The second kappa shape index (κ2) is 12.6. The summed E-state index contributed by atoms with van der Waals surface area (Å²) in [5, 5.41) is 26.4. The van der Waals surface area contributed by atoms with Gasteiger partial charge in [-0.25, -0.2) is 4.79 Å². The largest absolute Gasteiger partial charge is 0.481 e. The molecule has 0 spiro atoms. The number of anilines is 1. The van der Waals surface area contributed by atoms with Gasteiger partial charge in [0.2, 0.25) is 0 Å². The molecule has 212 valence electrons. The molecule has 0 aromatic heterocycles. The van der Waals surface area contributed by atoms with Gasteiger partial charge >= 0.3 is 12.0 Å². The zero-order valence-electron chi connectivity index (χ0n) is 22.2. The van der Waals surface area contributed by atoms with Crippen molar-refractivity contribution in [1.29, 1.82) is 0 Å². The minimum atomic E-state index is -1.38. The second-order valence-corrected chi connectivity index (χ2v) is 10.3. The lowest BCUT2D eigenvalue weighted by Crippen LogP contribution is -2.57. The van der Waals surface area contributed by atoms with Crippen molar-refractivity contribution in [2.24, 2.45) is 5.92 Å². The minimum absolute atomic E-state index is 0.00214. The Morgan fingerprint density at radius 2 is 1.73 bits per heavy atom. The van der Waals surface area contributed by atoms with E-state index in [1.807, 2.05) is 13.0 Å². The standard InChI is InChI=1S/C28H33N5O7/c1-18-7-5-11-21(15-18)29-28(38)32-14-13-31(27(37)20-10-6-12-22(16-20)33(39)40)26(32)25(36)30-23(17-24(34)35)19-8-3-2-4-9-19/h5-7,10-12,15-16,19,23,26H,2-4,8-9,13-14,17H2,1H3,(H,29,38)(H,30,36)(H,34,35). The first-order valence-corrected chi connectivity index (χ1v) is 13.4. The smallest absolute Gasteiger partial charge is 0.323 e. The van der Waals surface area contributed by atoms with E-state index in [-0.39, 0.29) is 36.7 Å². The molecule has 4 rings (SSSR count). The number of carboxylic acids is 1. The third-order valence-electron chi connectivity index (χ3n) is 7.44. The van der Waals surface area contributed by atoms with Gasteiger partial charge in [-0.3, -0.25) is 29.4 Å². The first kappa shape index (κ1) is 28.5. The monoisotopic (exact) mass is 551 g/mol. The maximum absolute atomic E-state index is 13.8. The fourth-order valence-electron chi connectivity index (χ4n) is 5.49. The van der Waals surface area contributed by atoms with Crippen LogP contribution in [0, 0.1) is 23.0 Å². The van der Waals surface area contributed by atoms with Gasteiger partial charge in [0, 0.05) is 42.5 Å². The van der Waals surface area contributed by atoms with Crippen LogP contribution in [0.5, 0.6) is 0 Å². The minimum Gasteiger partial charge on any atom is -0.481 e. The van der Waals surface area contributed by atoms with Gasteiger partial charge in [0.15, 0.2) is 6.17 Å². The molecule has 40 heavy (non-hydrogen) atoms. The lowest BCUT2D eigenvalue weighted by atomic mass is 9.82. The number of benzene rings is 2. The Balaban J connectivity index is 1.63. The number of aryl methyl sites for hydroxylation is 1. The highest BCUT2D eigenvalue weighted by Gasteiger charge is 2.44. The summed E-state index contributed by atoms with van der Waals surface area (Å²) in [4.78, 5) is 65.4. The zero-order chi connectivity index (χ0) is 28.8. The number of nitro groups is 1. The highest BCUT2D eigenvalue weighted by molar-refractivity contribution is 6.01. The number of non-ortho nitro benzene ring substituents is 1. The van der Waals surface area contributed by atoms with Crippen LogP contribution in [0.15, 0.2) is 48.5 Å². The topological polar surface area (TPSA) is 162 Å². The SMILES string of the molecule is Cc1cccc(NC(=O)N2CCN(C(=O)c3cccc([N+](=O)[O-])c3)C2C(=O)NC(CC(=O)O)C2CCCCC2)c1. The van der Waals surface area contributed by atoms with E-state index in [9.17, 15) is 34.4 Å². The molecule has 1 aliphatic heterocycles. The lowest BCUT2D eigenvalue weighted by Gasteiger charge is -2.34.